The lowest BCUT2D eigenvalue weighted by molar-refractivity contribution is 0.198. The summed E-state index contributed by atoms with van der Waals surface area (Å²) in [7, 11) is 1.60. The van der Waals surface area contributed by atoms with Gasteiger partial charge in [0, 0.05) is 0 Å². The minimum atomic E-state index is -0.518. The fourth-order valence-electron chi connectivity index (χ4n) is 1.91. The highest BCUT2D eigenvalue weighted by atomic mass is 16.5. The molecular weight excluding hydrogens is 252 g/mol. The van der Waals surface area contributed by atoms with E-state index < -0.39 is 6.10 Å². The molecule has 0 fully saturated rings. The number of aryl methyl sites for hydroxylation is 1. The second kappa shape index (κ2) is 6.44. The van der Waals surface area contributed by atoms with Gasteiger partial charge in [0.2, 0.25) is 0 Å². The van der Waals surface area contributed by atoms with E-state index in [1.807, 2.05) is 24.3 Å². The summed E-state index contributed by atoms with van der Waals surface area (Å²) in [5.41, 5.74) is 3.15. The minimum Gasteiger partial charge on any atom is -0.493 e. The first-order valence-corrected chi connectivity index (χ1v) is 6.64. The molecule has 2 rings (SSSR count). The van der Waals surface area contributed by atoms with Crippen molar-refractivity contribution in [1.29, 1.82) is 0 Å². The lowest BCUT2D eigenvalue weighted by Crippen LogP contribution is -1.99. The summed E-state index contributed by atoms with van der Waals surface area (Å²) in [4.78, 5) is 0. The Bertz CT molecular complexity index is 559. The summed E-state index contributed by atoms with van der Waals surface area (Å²) in [6.07, 6.45) is -0.518. The zero-order chi connectivity index (χ0) is 14.5. The van der Waals surface area contributed by atoms with Crippen LogP contribution in [0.3, 0.4) is 0 Å². The van der Waals surface area contributed by atoms with Crippen LogP contribution in [-0.4, -0.2) is 12.2 Å². The van der Waals surface area contributed by atoms with Crippen molar-refractivity contribution in [3.8, 4) is 11.5 Å². The Morgan fingerprint density at radius 2 is 1.75 bits per heavy atom. The van der Waals surface area contributed by atoms with E-state index in [4.69, 9.17) is 9.47 Å². The number of benzene rings is 2. The Kier molecular flexibility index (Phi) is 4.64. The Morgan fingerprint density at radius 1 is 1.05 bits per heavy atom. The largest absolute Gasteiger partial charge is 0.493 e. The van der Waals surface area contributed by atoms with Crippen LogP contribution in [0.15, 0.2) is 42.5 Å². The molecule has 0 aliphatic rings. The maximum Gasteiger partial charge on any atom is 0.161 e. The van der Waals surface area contributed by atoms with Crippen LogP contribution in [0.1, 0.15) is 29.7 Å². The molecule has 0 aliphatic heterocycles. The zero-order valence-corrected chi connectivity index (χ0v) is 12.1. The molecule has 0 aliphatic carbocycles. The quantitative estimate of drug-likeness (QED) is 0.903. The van der Waals surface area contributed by atoms with E-state index in [-0.39, 0.29) is 0 Å². The van der Waals surface area contributed by atoms with Gasteiger partial charge in [0.1, 0.15) is 6.61 Å². The van der Waals surface area contributed by atoms with E-state index in [1.54, 1.807) is 20.1 Å². The fraction of sp³-hybridized carbons (Fsp3) is 0.294. The van der Waals surface area contributed by atoms with Crippen molar-refractivity contribution in [2.24, 2.45) is 0 Å². The van der Waals surface area contributed by atoms with Crippen LogP contribution in [0.5, 0.6) is 11.5 Å². The molecule has 0 heterocycles. The fourth-order valence-corrected chi connectivity index (χ4v) is 1.91. The Balaban J connectivity index is 2.10. The van der Waals surface area contributed by atoms with Gasteiger partial charge in [-0.2, -0.15) is 0 Å². The van der Waals surface area contributed by atoms with E-state index in [1.165, 1.54) is 5.56 Å². The van der Waals surface area contributed by atoms with E-state index >= 15 is 0 Å². The molecule has 1 N–H and O–H groups in total. The summed E-state index contributed by atoms with van der Waals surface area (Å²) >= 11 is 0. The summed E-state index contributed by atoms with van der Waals surface area (Å²) in [5, 5.41) is 9.57. The van der Waals surface area contributed by atoms with Crippen molar-refractivity contribution < 1.29 is 14.6 Å². The molecule has 0 saturated heterocycles. The molecule has 3 nitrogen and oxygen atoms in total. The monoisotopic (exact) mass is 272 g/mol. The first-order valence-electron chi connectivity index (χ1n) is 6.64. The van der Waals surface area contributed by atoms with Crippen molar-refractivity contribution >= 4 is 0 Å². The Morgan fingerprint density at radius 3 is 2.35 bits per heavy atom. The number of hydrogen-bond donors (Lipinski definition) is 1. The van der Waals surface area contributed by atoms with E-state index in [0.29, 0.717) is 18.1 Å². The van der Waals surface area contributed by atoms with E-state index in [9.17, 15) is 5.11 Å². The first-order chi connectivity index (χ1) is 9.60. The third kappa shape index (κ3) is 3.52. The van der Waals surface area contributed by atoms with Gasteiger partial charge < -0.3 is 14.6 Å². The molecular formula is C17H20O3. The third-order valence-corrected chi connectivity index (χ3v) is 3.19. The van der Waals surface area contributed by atoms with Crippen LogP contribution < -0.4 is 9.47 Å². The van der Waals surface area contributed by atoms with Gasteiger partial charge in [-0.25, -0.2) is 0 Å². The molecule has 2 aromatic rings. The molecule has 0 aromatic heterocycles. The van der Waals surface area contributed by atoms with Gasteiger partial charge in [-0.15, -0.1) is 0 Å². The third-order valence-electron chi connectivity index (χ3n) is 3.19. The predicted octanol–water partition coefficient (Wildman–Crippen LogP) is 3.64. The highest BCUT2D eigenvalue weighted by molar-refractivity contribution is 5.43. The number of ether oxygens (including phenoxy) is 2. The second-order valence-electron chi connectivity index (χ2n) is 4.86. The van der Waals surface area contributed by atoms with Gasteiger partial charge >= 0.3 is 0 Å². The smallest absolute Gasteiger partial charge is 0.161 e. The number of hydrogen-bond acceptors (Lipinski definition) is 3. The SMILES string of the molecule is COc1cc([C@H](C)O)ccc1OCc1ccc(C)cc1. The molecule has 0 bridgehead atoms. The zero-order valence-electron chi connectivity index (χ0n) is 12.1. The highest BCUT2D eigenvalue weighted by Crippen LogP contribution is 2.30. The lowest BCUT2D eigenvalue weighted by Gasteiger charge is -2.13. The van der Waals surface area contributed by atoms with Crippen LogP contribution in [-0.2, 0) is 6.61 Å². The topological polar surface area (TPSA) is 38.7 Å². The number of methoxy groups -OCH3 is 1. The van der Waals surface area contributed by atoms with Gasteiger partial charge in [-0.3, -0.25) is 0 Å². The number of aliphatic hydroxyl groups is 1. The number of aliphatic hydroxyl groups excluding tert-OH is 1. The van der Waals surface area contributed by atoms with Gasteiger partial charge in [0.15, 0.2) is 11.5 Å². The van der Waals surface area contributed by atoms with Crippen molar-refractivity contribution in [3.63, 3.8) is 0 Å². The van der Waals surface area contributed by atoms with E-state index in [2.05, 4.69) is 19.1 Å². The minimum absolute atomic E-state index is 0.491. The normalized spacial score (nSPS) is 12.0. The molecule has 3 heteroatoms. The maximum atomic E-state index is 9.57. The van der Waals surface area contributed by atoms with Gasteiger partial charge in [0.25, 0.3) is 0 Å². The Labute approximate surface area is 119 Å². The van der Waals surface area contributed by atoms with Crippen molar-refractivity contribution in [3.05, 3.63) is 59.2 Å². The molecule has 20 heavy (non-hydrogen) atoms. The second-order valence-corrected chi connectivity index (χ2v) is 4.86. The summed E-state index contributed by atoms with van der Waals surface area (Å²) in [5.74, 6) is 1.31. The van der Waals surface area contributed by atoms with Crippen LogP contribution >= 0.6 is 0 Å². The Hall–Kier alpha value is -2.00. The molecule has 0 radical (unpaired) electrons. The molecule has 0 saturated carbocycles. The van der Waals surface area contributed by atoms with Crippen molar-refractivity contribution in [1.82, 2.24) is 0 Å². The summed E-state index contributed by atoms with van der Waals surface area (Å²) in [6, 6.07) is 13.7. The molecule has 1 atom stereocenters. The average Bonchev–Trinajstić information content (AvgIpc) is 2.46. The van der Waals surface area contributed by atoms with Crippen LogP contribution in [0.2, 0.25) is 0 Å². The van der Waals surface area contributed by atoms with Gasteiger partial charge in [-0.1, -0.05) is 35.9 Å². The molecule has 0 spiro atoms. The molecule has 2 aromatic carbocycles. The van der Waals surface area contributed by atoms with Crippen molar-refractivity contribution in [2.75, 3.05) is 7.11 Å². The molecule has 106 valence electrons. The van der Waals surface area contributed by atoms with Crippen molar-refractivity contribution in [2.45, 2.75) is 26.6 Å². The van der Waals surface area contributed by atoms with Gasteiger partial charge in [-0.05, 0) is 37.1 Å². The summed E-state index contributed by atoms with van der Waals surface area (Å²) < 4.78 is 11.1. The first kappa shape index (κ1) is 14.4. The lowest BCUT2D eigenvalue weighted by atomic mass is 10.1. The van der Waals surface area contributed by atoms with Crippen LogP contribution in [0.4, 0.5) is 0 Å². The highest BCUT2D eigenvalue weighted by Gasteiger charge is 2.08. The van der Waals surface area contributed by atoms with Crippen LogP contribution in [0, 0.1) is 6.92 Å². The van der Waals surface area contributed by atoms with Crippen LogP contribution in [0.25, 0.3) is 0 Å². The standard InChI is InChI=1S/C17H20O3/c1-12-4-6-14(7-5-12)11-20-16-9-8-15(13(2)18)10-17(16)19-3/h4-10,13,18H,11H2,1-3H3/t13-/m0/s1. The van der Waals surface area contributed by atoms with E-state index in [0.717, 1.165) is 11.1 Å². The molecule has 0 amide bonds. The maximum absolute atomic E-state index is 9.57. The van der Waals surface area contributed by atoms with Gasteiger partial charge in [0.05, 0.1) is 13.2 Å². The molecule has 0 unspecified atom stereocenters. The summed E-state index contributed by atoms with van der Waals surface area (Å²) in [6.45, 7) is 4.27. The average molecular weight is 272 g/mol. The number of rotatable bonds is 5. The predicted molar refractivity (Wildman–Crippen MR) is 79.1 cm³/mol.